The van der Waals surface area contributed by atoms with Gasteiger partial charge >= 0.3 is 12.0 Å². The summed E-state index contributed by atoms with van der Waals surface area (Å²) in [7, 11) is 0. The number of urea groups is 1. The summed E-state index contributed by atoms with van der Waals surface area (Å²) < 4.78 is 5.10. The zero-order valence-corrected chi connectivity index (χ0v) is 17.4. The molecule has 1 fully saturated rings. The van der Waals surface area contributed by atoms with Crippen LogP contribution in [-0.2, 0) is 25.7 Å². The maximum absolute atomic E-state index is 12.5. The van der Waals surface area contributed by atoms with Crippen molar-refractivity contribution in [3.63, 3.8) is 0 Å². The van der Waals surface area contributed by atoms with Gasteiger partial charge in [0.2, 0.25) is 0 Å². The van der Waals surface area contributed by atoms with Gasteiger partial charge in [-0.1, -0.05) is 49.6 Å². The summed E-state index contributed by atoms with van der Waals surface area (Å²) in [4.78, 5) is 49.8. The summed E-state index contributed by atoms with van der Waals surface area (Å²) in [5.74, 6) is -1.72. The van der Waals surface area contributed by atoms with E-state index in [4.69, 9.17) is 4.74 Å². The first-order valence-corrected chi connectivity index (χ1v) is 9.83. The predicted molar refractivity (Wildman–Crippen MR) is 107 cm³/mol. The van der Waals surface area contributed by atoms with Crippen LogP contribution in [0.1, 0.15) is 51.2 Å². The van der Waals surface area contributed by atoms with Gasteiger partial charge in [-0.15, -0.1) is 0 Å². The van der Waals surface area contributed by atoms with Gasteiger partial charge in [0, 0.05) is 6.54 Å². The van der Waals surface area contributed by atoms with Crippen LogP contribution in [0.4, 0.5) is 4.79 Å². The topological polar surface area (TPSA) is 105 Å². The number of ether oxygens (including phenoxy) is 1. The number of imide groups is 1. The summed E-state index contributed by atoms with van der Waals surface area (Å²) in [6.45, 7) is 6.84. The first-order valence-electron chi connectivity index (χ1n) is 9.83. The molecule has 8 heteroatoms. The Kier molecular flexibility index (Phi) is 7.36. The number of hydrogen-bond donors (Lipinski definition) is 2. The molecule has 0 spiro atoms. The van der Waals surface area contributed by atoms with Crippen molar-refractivity contribution < 1.29 is 23.9 Å². The number of carbonyl (C=O) groups is 4. The van der Waals surface area contributed by atoms with E-state index >= 15 is 0 Å². The van der Waals surface area contributed by atoms with E-state index in [1.54, 1.807) is 6.92 Å². The molecule has 2 rings (SSSR count). The molecule has 0 radical (unpaired) electrons. The molecule has 1 saturated heterocycles. The summed E-state index contributed by atoms with van der Waals surface area (Å²) in [6, 6.07) is 7.06. The van der Waals surface area contributed by atoms with Crippen molar-refractivity contribution in [1.82, 2.24) is 15.5 Å². The summed E-state index contributed by atoms with van der Waals surface area (Å²) in [5.41, 5.74) is 1.03. The predicted octanol–water partition coefficient (Wildman–Crippen LogP) is 2.04. The number of nitrogens with one attached hydrogen (secondary N) is 2. The van der Waals surface area contributed by atoms with Crippen molar-refractivity contribution in [3.8, 4) is 0 Å². The highest BCUT2D eigenvalue weighted by Crippen LogP contribution is 2.23. The lowest BCUT2D eigenvalue weighted by atomic mass is 9.95. The molecule has 0 bridgehead atoms. The fourth-order valence-corrected chi connectivity index (χ4v) is 3.05. The van der Waals surface area contributed by atoms with Gasteiger partial charge in [-0.3, -0.25) is 19.3 Å². The molecule has 2 N–H and O–H groups in total. The number of unbranched alkanes of at least 4 members (excludes halogenated alkanes) is 1. The molecule has 1 aromatic carbocycles. The largest absolute Gasteiger partial charge is 0.451 e. The average Bonchev–Trinajstić information content (AvgIpc) is 2.89. The average molecular weight is 403 g/mol. The second kappa shape index (κ2) is 9.54. The molecular weight excluding hydrogens is 374 g/mol. The van der Waals surface area contributed by atoms with E-state index in [9.17, 15) is 19.2 Å². The molecule has 4 amide bonds. The number of aryl methyl sites for hydroxylation is 1. The Labute approximate surface area is 171 Å². The zero-order chi connectivity index (χ0) is 21.6. The molecule has 2 atom stereocenters. The van der Waals surface area contributed by atoms with Gasteiger partial charge < -0.3 is 15.4 Å². The Hall–Kier alpha value is -2.90. The highest BCUT2D eigenvalue weighted by atomic mass is 16.5. The monoisotopic (exact) mass is 403 g/mol. The molecule has 1 aromatic rings. The number of hydrogen-bond acceptors (Lipinski definition) is 5. The maximum Gasteiger partial charge on any atom is 0.327 e. The van der Waals surface area contributed by atoms with Crippen LogP contribution >= 0.6 is 0 Å². The molecule has 0 aliphatic carbocycles. The first-order chi connectivity index (χ1) is 13.7. The van der Waals surface area contributed by atoms with Crippen molar-refractivity contribution in [2.24, 2.45) is 0 Å². The van der Waals surface area contributed by atoms with Crippen LogP contribution in [0.15, 0.2) is 24.3 Å². The second-order valence-corrected chi connectivity index (χ2v) is 7.59. The Morgan fingerprint density at radius 3 is 2.52 bits per heavy atom. The lowest BCUT2D eigenvalue weighted by Crippen LogP contribution is -2.44. The number of benzene rings is 1. The Bertz CT molecular complexity index is 777. The normalized spacial score (nSPS) is 19.7. The van der Waals surface area contributed by atoms with Crippen LogP contribution in [0.5, 0.6) is 0 Å². The lowest BCUT2D eigenvalue weighted by Gasteiger charge is -2.21. The van der Waals surface area contributed by atoms with Crippen LogP contribution in [0.25, 0.3) is 0 Å². The zero-order valence-electron chi connectivity index (χ0n) is 17.4. The van der Waals surface area contributed by atoms with Crippen molar-refractivity contribution in [2.75, 3.05) is 6.54 Å². The Morgan fingerprint density at radius 2 is 1.90 bits per heavy atom. The Morgan fingerprint density at radius 1 is 1.24 bits per heavy atom. The molecule has 1 heterocycles. The van der Waals surface area contributed by atoms with E-state index in [1.807, 2.05) is 38.1 Å². The molecule has 8 nitrogen and oxygen atoms in total. The first kappa shape index (κ1) is 22.4. The third-order valence-electron chi connectivity index (χ3n) is 4.93. The number of rotatable bonds is 9. The summed E-state index contributed by atoms with van der Waals surface area (Å²) in [6.07, 6.45) is 1.12. The van der Waals surface area contributed by atoms with E-state index in [2.05, 4.69) is 10.6 Å². The van der Waals surface area contributed by atoms with E-state index in [0.717, 1.165) is 28.9 Å². The minimum atomic E-state index is -1.04. The smallest absolute Gasteiger partial charge is 0.327 e. The quantitative estimate of drug-likeness (QED) is 0.485. The van der Waals surface area contributed by atoms with Gasteiger partial charge in [0.15, 0.2) is 6.10 Å². The van der Waals surface area contributed by atoms with Crippen molar-refractivity contribution >= 4 is 23.8 Å². The van der Waals surface area contributed by atoms with Crippen LogP contribution in [0.3, 0.4) is 0 Å². The van der Waals surface area contributed by atoms with E-state index in [0.29, 0.717) is 13.0 Å². The van der Waals surface area contributed by atoms with Gasteiger partial charge in [0.05, 0.1) is 0 Å². The summed E-state index contributed by atoms with van der Waals surface area (Å²) in [5, 5.41) is 5.33. The van der Waals surface area contributed by atoms with Gasteiger partial charge in [0.1, 0.15) is 12.1 Å². The summed E-state index contributed by atoms with van der Waals surface area (Å²) >= 11 is 0. The van der Waals surface area contributed by atoms with Gasteiger partial charge in [-0.25, -0.2) is 4.79 Å². The van der Waals surface area contributed by atoms with Gasteiger partial charge in [-0.2, -0.15) is 0 Å². The highest BCUT2D eigenvalue weighted by molar-refractivity contribution is 6.08. The van der Waals surface area contributed by atoms with E-state index in [-0.39, 0.29) is 0 Å². The maximum atomic E-state index is 12.5. The number of carbonyl (C=O) groups excluding carboxylic acids is 4. The fourth-order valence-electron chi connectivity index (χ4n) is 3.05. The van der Waals surface area contributed by atoms with Crippen LogP contribution < -0.4 is 10.6 Å². The number of nitrogens with zero attached hydrogens (tertiary/aromatic N) is 1. The molecule has 1 aliphatic rings. The van der Waals surface area contributed by atoms with Crippen LogP contribution in [0.2, 0.25) is 0 Å². The van der Waals surface area contributed by atoms with Crippen LogP contribution in [0, 0.1) is 6.92 Å². The number of amides is 4. The van der Waals surface area contributed by atoms with Gasteiger partial charge in [-0.05, 0) is 32.8 Å². The highest BCUT2D eigenvalue weighted by Gasteiger charge is 2.48. The van der Waals surface area contributed by atoms with Crippen molar-refractivity contribution in [2.45, 2.75) is 65.1 Å². The molecule has 0 unspecified atom stereocenters. The second-order valence-electron chi connectivity index (χ2n) is 7.59. The van der Waals surface area contributed by atoms with Gasteiger partial charge in [0.25, 0.3) is 11.8 Å². The number of esters is 1. The standard InChI is InChI=1S/C21H29N3O5/c1-5-6-11-21(4)19(27)24(20(28)23-21)13-17(25)29-15(3)18(26)22-12-16-9-7-14(2)8-10-16/h7-10,15H,5-6,11-13H2,1-4H3,(H,22,26)(H,23,28)/t15-,21-/m1/s1. The molecular formula is C21H29N3O5. The fraction of sp³-hybridized carbons (Fsp3) is 0.524. The SMILES string of the molecule is CCCC[C@@]1(C)NC(=O)N(CC(=O)O[C@H](C)C(=O)NCc2ccc(C)cc2)C1=O. The molecule has 1 aliphatic heterocycles. The third kappa shape index (κ3) is 5.79. The minimum absolute atomic E-state index is 0.309. The van der Waals surface area contributed by atoms with Crippen molar-refractivity contribution in [3.05, 3.63) is 35.4 Å². The van der Waals surface area contributed by atoms with Crippen LogP contribution in [-0.4, -0.2) is 46.9 Å². The van der Waals surface area contributed by atoms with Crippen molar-refractivity contribution in [1.29, 1.82) is 0 Å². The van der Waals surface area contributed by atoms with E-state index in [1.165, 1.54) is 6.92 Å². The molecule has 0 aromatic heterocycles. The third-order valence-corrected chi connectivity index (χ3v) is 4.93. The van der Waals surface area contributed by atoms with E-state index < -0.39 is 42.0 Å². The molecule has 158 valence electrons. The molecule has 29 heavy (non-hydrogen) atoms. The molecule has 0 saturated carbocycles. The minimum Gasteiger partial charge on any atom is -0.451 e. The Balaban J connectivity index is 1.84. The lowest BCUT2D eigenvalue weighted by molar-refractivity contribution is -0.156.